The third-order valence-corrected chi connectivity index (χ3v) is 6.95. The molecule has 28 heavy (non-hydrogen) atoms. The van der Waals surface area contributed by atoms with Crippen LogP contribution >= 0.6 is 11.3 Å². The van der Waals surface area contributed by atoms with Gasteiger partial charge < -0.3 is 14.7 Å². The Hall–Kier alpha value is -1.70. The first-order chi connectivity index (χ1) is 13.4. The van der Waals surface area contributed by atoms with Gasteiger partial charge in [0.05, 0.1) is 11.3 Å². The number of fused-ring (bicyclic) bond motifs is 1. The molecule has 0 aromatic carbocycles. The Balaban J connectivity index is 1.56. The van der Waals surface area contributed by atoms with E-state index in [0.29, 0.717) is 12.6 Å². The number of rotatable bonds is 8. The molecule has 3 heterocycles. The molecule has 1 atom stereocenters. The van der Waals surface area contributed by atoms with Gasteiger partial charge in [-0.2, -0.15) is 0 Å². The molecule has 1 aliphatic heterocycles. The number of amides is 1. The molecular formula is C21H32N4O2S. The number of hydrogen-bond donors (Lipinski definition) is 1. The maximum Gasteiger partial charge on any atom is 0.252 e. The van der Waals surface area contributed by atoms with E-state index >= 15 is 0 Å². The second-order valence-corrected chi connectivity index (χ2v) is 8.75. The normalized spacial score (nSPS) is 15.6. The third-order valence-electron chi connectivity index (χ3n) is 5.93. The SMILES string of the molecule is CCN(C)C(C)CCNC(=O)c1csc2c1CCN(Cc1c(C)noc1C)C2. The van der Waals surface area contributed by atoms with E-state index in [1.54, 1.807) is 11.3 Å². The van der Waals surface area contributed by atoms with Crippen molar-refractivity contribution in [3.63, 3.8) is 0 Å². The molecule has 154 valence electrons. The van der Waals surface area contributed by atoms with Crippen molar-refractivity contribution in [3.05, 3.63) is 38.4 Å². The van der Waals surface area contributed by atoms with Gasteiger partial charge in [-0.1, -0.05) is 12.1 Å². The molecule has 0 bridgehead atoms. The Morgan fingerprint density at radius 1 is 1.46 bits per heavy atom. The highest BCUT2D eigenvalue weighted by atomic mass is 32.1. The van der Waals surface area contributed by atoms with Crippen LogP contribution < -0.4 is 5.32 Å². The highest BCUT2D eigenvalue weighted by Gasteiger charge is 2.25. The molecule has 0 aliphatic carbocycles. The maximum atomic E-state index is 12.7. The van der Waals surface area contributed by atoms with E-state index in [1.807, 2.05) is 19.2 Å². The van der Waals surface area contributed by atoms with Crippen LogP contribution in [0.2, 0.25) is 0 Å². The lowest BCUT2D eigenvalue weighted by Crippen LogP contribution is -2.34. The molecule has 1 unspecified atom stereocenters. The summed E-state index contributed by atoms with van der Waals surface area (Å²) in [7, 11) is 2.12. The Kier molecular flexibility index (Phi) is 6.91. The third kappa shape index (κ3) is 4.64. The van der Waals surface area contributed by atoms with Gasteiger partial charge in [-0.3, -0.25) is 9.69 Å². The first-order valence-corrected chi connectivity index (χ1v) is 11.0. The Morgan fingerprint density at radius 3 is 2.93 bits per heavy atom. The number of aromatic nitrogens is 1. The maximum absolute atomic E-state index is 12.7. The first kappa shape index (κ1) is 21.0. The van der Waals surface area contributed by atoms with E-state index in [4.69, 9.17) is 4.52 Å². The first-order valence-electron chi connectivity index (χ1n) is 10.1. The van der Waals surface area contributed by atoms with E-state index in [-0.39, 0.29) is 5.91 Å². The van der Waals surface area contributed by atoms with Gasteiger partial charge in [0.2, 0.25) is 0 Å². The van der Waals surface area contributed by atoms with E-state index in [1.165, 1.54) is 16.0 Å². The van der Waals surface area contributed by atoms with Crippen LogP contribution in [-0.4, -0.2) is 53.6 Å². The average Bonchev–Trinajstić information content (AvgIpc) is 3.25. The topological polar surface area (TPSA) is 61.6 Å². The summed E-state index contributed by atoms with van der Waals surface area (Å²) in [5.41, 5.74) is 4.26. The largest absolute Gasteiger partial charge is 0.361 e. The van der Waals surface area contributed by atoms with Gasteiger partial charge in [0.1, 0.15) is 5.76 Å². The predicted molar refractivity (Wildman–Crippen MR) is 113 cm³/mol. The lowest BCUT2D eigenvalue weighted by molar-refractivity contribution is 0.0948. The van der Waals surface area contributed by atoms with Crippen molar-refractivity contribution in [2.24, 2.45) is 0 Å². The summed E-state index contributed by atoms with van der Waals surface area (Å²) in [6, 6.07) is 0.472. The predicted octanol–water partition coefficient (Wildman–Crippen LogP) is 3.37. The van der Waals surface area contributed by atoms with E-state index < -0.39 is 0 Å². The number of carbonyl (C=O) groups is 1. The second-order valence-electron chi connectivity index (χ2n) is 7.78. The van der Waals surface area contributed by atoms with Crippen molar-refractivity contribution in [2.45, 2.75) is 59.7 Å². The van der Waals surface area contributed by atoms with Crippen molar-refractivity contribution in [2.75, 3.05) is 26.7 Å². The van der Waals surface area contributed by atoms with Crippen LogP contribution in [0.15, 0.2) is 9.90 Å². The zero-order valence-electron chi connectivity index (χ0n) is 17.7. The highest BCUT2D eigenvalue weighted by molar-refractivity contribution is 7.10. The van der Waals surface area contributed by atoms with Crippen LogP contribution in [0.25, 0.3) is 0 Å². The molecule has 3 rings (SSSR count). The van der Waals surface area contributed by atoms with Gasteiger partial charge in [0.15, 0.2) is 0 Å². The summed E-state index contributed by atoms with van der Waals surface area (Å²) in [6.45, 7) is 12.7. The molecule has 6 nitrogen and oxygen atoms in total. The lowest BCUT2D eigenvalue weighted by atomic mass is 10.0. The van der Waals surface area contributed by atoms with Crippen LogP contribution in [0.4, 0.5) is 0 Å². The Labute approximate surface area is 171 Å². The second kappa shape index (κ2) is 9.20. The Morgan fingerprint density at radius 2 is 2.25 bits per heavy atom. The molecule has 0 fully saturated rings. The van der Waals surface area contributed by atoms with E-state index in [2.05, 4.69) is 41.2 Å². The zero-order valence-corrected chi connectivity index (χ0v) is 18.5. The molecular weight excluding hydrogens is 372 g/mol. The van der Waals surface area contributed by atoms with Gasteiger partial charge in [-0.25, -0.2) is 0 Å². The lowest BCUT2D eigenvalue weighted by Gasteiger charge is -2.27. The van der Waals surface area contributed by atoms with Gasteiger partial charge in [-0.15, -0.1) is 11.3 Å². The molecule has 0 radical (unpaired) electrons. The number of carbonyl (C=O) groups excluding carboxylic acids is 1. The number of nitrogens with zero attached hydrogens (tertiary/aromatic N) is 3. The summed E-state index contributed by atoms with van der Waals surface area (Å²) in [5.74, 6) is 0.973. The quantitative estimate of drug-likeness (QED) is 0.731. The fourth-order valence-corrected chi connectivity index (χ4v) is 4.80. The van der Waals surface area contributed by atoms with Crippen molar-refractivity contribution in [1.82, 2.24) is 20.3 Å². The fraction of sp³-hybridized carbons (Fsp3) is 0.619. The van der Waals surface area contributed by atoms with Crippen LogP contribution in [-0.2, 0) is 19.5 Å². The van der Waals surface area contributed by atoms with Crippen LogP contribution in [0.1, 0.15) is 58.1 Å². The minimum atomic E-state index is 0.0722. The molecule has 0 saturated carbocycles. The van der Waals surface area contributed by atoms with Crippen molar-refractivity contribution in [3.8, 4) is 0 Å². The minimum Gasteiger partial charge on any atom is -0.361 e. The molecule has 7 heteroatoms. The average molecular weight is 405 g/mol. The van der Waals surface area contributed by atoms with Crippen molar-refractivity contribution < 1.29 is 9.32 Å². The summed E-state index contributed by atoms with van der Waals surface area (Å²) in [4.78, 5) is 18.7. The highest BCUT2D eigenvalue weighted by Crippen LogP contribution is 2.30. The standard InChI is InChI=1S/C21H32N4O2S/c1-6-24(5)14(2)7-9-22-21(26)19-13-28-20-12-25(10-8-17(19)20)11-18-15(3)23-27-16(18)4/h13-14H,6-12H2,1-5H3,(H,22,26). The minimum absolute atomic E-state index is 0.0722. The van der Waals surface area contributed by atoms with Crippen LogP contribution in [0, 0.1) is 13.8 Å². The summed E-state index contributed by atoms with van der Waals surface area (Å²) >= 11 is 1.70. The number of hydrogen-bond acceptors (Lipinski definition) is 6. The summed E-state index contributed by atoms with van der Waals surface area (Å²) < 4.78 is 5.29. The number of nitrogens with one attached hydrogen (secondary N) is 1. The van der Waals surface area contributed by atoms with Gasteiger partial charge >= 0.3 is 0 Å². The van der Waals surface area contributed by atoms with Crippen LogP contribution in [0.3, 0.4) is 0 Å². The van der Waals surface area contributed by atoms with Gasteiger partial charge in [0, 0.05) is 48.0 Å². The fourth-order valence-electron chi connectivity index (χ4n) is 3.68. The van der Waals surface area contributed by atoms with Gasteiger partial charge in [0.25, 0.3) is 5.91 Å². The molecule has 0 saturated heterocycles. The number of aryl methyl sites for hydroxylation is 2. The number of thiophene rings is 1. The molecule has 0 spiro atoms. The molecule has 1 amide bonds. The summed E-state index contributed by atoms with van der Waals surface area (Å²) in [5, 5.41) is 9.20. The molecule has 2 aromatic heterocycles. The van der Waals surface area contributed by atoms with E-state index in [0.717, 1.165) is 56.0 Å². The zero-order chi connectivity index (χ0) is 20.3. The molecule has 1 aliphatic rings. The Bertz CT molecular complexity index is 794. The molecule has 2 aromatic rings. The van der Waals surface area contributed by atoms with Gasteiger partial charge in [-0.05, 0) is 52.8 Å². The monoisotopic (exact) mass is 404 g/mol. The van der Waals surface area contributed by atoms with E-state index in [9.17, 15) is 4.79 Å². The van der Waals surface area contributed by atoms with Crippen molar-refractivity contribution >= 4 is 17.2 Å². The summed E-state index contributed by atoms with van der Waals surface area (Å²) in [6.07, 6.45) is 1.88. The van der Waals surface area contributed by atoms with Crippen LogP contribution in [0.5, 0.6) is 0 Å². The smallest absolute Gasteiger partial charge is 0.252 e. The van der Waals surface area contributed by atoms with Crippen molar-refractivity contribution in [1.29, 1.82) is 0 Å². The molecule has 1 N–H and O–H groups in total.